The number of halogens is 1. The van der Waals surface area contributed by atoms with Crippen molar-refractivity contribution in [3.05, 3.63) is 65.7 Å². The Morgan fingerprint density at radius 1 is 1.10 bits per heavy atom. The van der Waals surface area contributed by atoms with Crippen LogP contribution in [0.15, 0.2) is 53.6 Å². The summed E-state index contributed by atoms with van der Waals surface area (Å²) in [5.41, 5.74) is 2.01. The van der Waals surface area contributed by atoms with Crippen molar-refractivity contribution in [2.24, 2.45) is 0 Å². The Balaban J connectivity index is 1.23. The standard InChI is InChI=1S/C30H32FN3O7S/c1-3-39-30(36)29(35)33-20-5-7-23(21(31)17-20)41-25-8-9-32-22-18-27(42-28(22)25)19-4-6-24(26(16-19)37-2)40-15-12-34-10-13-38-14-11-34/h4-9,16-17,27H,3,10-15,18H2,1-2H3,(H,33,35). The summed E-state index contributed by atoms with van der Waals surface area (Å²) in [6.45, 7) is 6.34. The van der Waals surface area contributed by atoms with Crippen LogP contribution in [-0.4, -0.2) is 74.9 Å². The van der Waals surface area contributed by atoms with Crippen LogP contribution in [0.1, 0.15) is 23.4 Å². The molecule has 1 saturated heterocycles. The van der Waals surface area contributed by atoms with Gasteiger partial charge in [0.05, 0.1) is 37.5 Å². The molecule has 2 aromatic carbocycles. The zero-order valence-electron chi connectivity index (χ0n) is 23.4. The number of benzene rings is 2. The lowest BCUT2D eigenvalue weighted by molar-refractivity contribution is -0.152. The molecule has 1 unspecified atom stereocenters. The lowest BCUT2D eigenvalue weighted by atomic mass is 10.1. The summed E-state index contributed by atoms with van der Waals surface area (Å²) in [6.07, 6.45) is 2.30. The average molecular weight is 598 g/mol. The molecule has 0 radical (unpaired) electrons. The number of carbonyl (C=O) groups excluding carboxylic acids is 2. The van der Waals surface area contributed by atoms with Crippen LogP contribution in [0.4, 0.5) is 10.1 Å². The molecule has 1 atom stereocenters. The van der Waals surface area contributed by atoms with Crippen molar-refractivity contribution >= 4 is 29.3 Å². The summed E-state index contributed by atoms with van der Waals surface area (Å²) < 4.78 is 42.6. The van der Waals surface area contributed by atoms with E-state index in [0.29, 0.717) is 30.3 Å². The number of ether oxygens (including phenoxy) is 5. The van der Waals surface area contributed by atoms with Crippen molar-refractivity contribution in [2.75, 3.05) is 58.5 Å². The highest BCUT2D eigenvalue weighted by Crippen LogP contribution is 2.51. The lowest BCUT2D eigenvalue weighted by Crippen LogP contribution is -2.38. The van der Waals surface area contributed by atoms with E-state index in [9.17, 15) is 14.0 Å². The topological polar surface area (TPSA) is 108 Å². The largest absolute Gasteiger partial charge is 0.493 e. The molecule has 0 spiro atoms. The van der Waals surface area contributed by atoms with Gasteiger partial charge in [0.2, 0.25) is 0 Å². The van der Waals surface area contributed by atoms with Gasteiger partial charge in [-0.2, -0.15) is 0 Å². The predicted molar refractivity (Wildman–Crippen MR) is 154 cm³/mol. The fourth-order valence-electron chi connectivity index (χ4n) is 4.64. The van der Waals surface area contributed by atoms with Crippen LogP contribution in [0.3, 0.4) is 0 Å². The molecule has 2 aliphatic heterocycles. The maximum Gasteiger partial charge on any atom is 0.397 e. The number of hydrogen-bond acceptors (Lipinski definition) is 10. The molecule has 1 aromatic heterocycles. The normalized spacial score (nSPS) is 16.4. The molecule has 3 aromatic rings. The molecular formula is C30H32FN3O7S. The summed E-state index contributed by atoms with van der Waals surface area (Å²) in [6, 6.07) is 11.6. The Kier molecular flexibility index (Phi) is 9.78. The highest BCUT2D eigenvalue weighted by Gasteiger charge is 2.29. The molecule has 12 heteroatoms. The molecule has 10 nitrogen and oxygen atoms in total. The van der Waals surface area contributed by atoms with Crippen LogP contribution in [0.25, 0.3) is 0 Å². The fraction of sp³-hybridized carbons (Fsp3) is 0.367. The van der Waals surface area contributed by atoms with E-state index in [1.165, 1.54) is 12.1 Å². The van der Waals surface area contributed by atoms with Crippen molar-refractivity contribution in [3.8, 4) is 23.0 Å². The first kappa shape index (κ1) is 29.6. The predicted octanol–water partition coefficient (Wildman–Crippen LogP) is 4.62. The Labute approximate surface area is 247 Å². The number of hydrogen-bond donors (Lipinski definition) is 1. The van der Waals surface area contributed by atoms with Crippen LogP contribution in [0.2, 0.25) is 0 Å². The van der Waals surface area contributed by atoms with E-state index in [-0.39, 0.29) is 23.3 Å². The summed E-state index contributed by atoms with van der Waals surface area (Å²) in [5.74, 6) is -0.922. The minimum Gasteiger partial charge on any atom is -0.493 e. The number of amides is 1. The maximum atomic E-state index is 14.9. The van der Waals surface area contributed by atoms with Gasteiger partial charge < -0.3 is 29.0 Å². The first-order chi connectivity index (χ1) is 20.4. The molecule has 0 bridgehead atoms. The molecule has 1 N–H and O–H groups in total. The molecule has 1 amide bonds. The highest BCUT2D eigenvalue weighted by molar-refractivity contribution is 8.00. The van der Waals surface area contributed by atoms with Gasteiger partial charge in [-0.15, -0.1) is 11.8 Å². The van der Waals surface area contributed by atoms with Gasteiger partial charge in [0.1, 0.15) is 12.4 Å². The van der Waals surface area contributed by atoms with Gasteiger partial charge >= 0.3 is 11.9 Å². The van der Waals surface area contributed by atoms with E-state index in [4.69, 9.17) is 18.9 Å². The van der Waals surface area contributed by atoms with Gasteiger partial charge in [-0.25, -0.2) is 9.18 Å². The van der Waals surface area contributed by atoms with Gasteiger partial charge in [-0.1, -0.05) is 6.07 Å². The van der Waals surface area contributed by atoms with E-state index in [2.05, 4.69) is 19.9 Å². The smallest absolute Gasteiger partial charge is 0.397 e. The van der Waals surface area contributed by atoms with Gasteiger partial charge in [-0.05, 0) is 36.8 Å². The quantitative estimate of drug-likeness (QED) is 0.263. The fourth-order valence-corrected chi connectivity index (χ4v) is 5.95. The summed E-state index contributed by atoms with van der Waals surface area (Å²) >= 11 is 1.59. The molecule has 1 fully saturated rings. The van der Waals surface area contributed by atoms with Crippen molar-refractivity contribution < 1.29 is 37.7 Å². The Morgan fingerprint density at radius 3 is 2.67 bits per heavy atom. The number of carbonyl (C=O) groups is 2. The number of fused-ring (bicyclic) bond motifs is 1. The number of pyridine rings is 1. The van der Waals surface area contributed by atoms with Gasteiger partial charge in [0.25, 0.3) is 0 Å². The number of nitrogens with zero attached hydrogens (tertiary/aromatic N) is 2. The van der Waals surface area contributed by atoms with Gasteiger partial charge in [-0.3, -0.25) is 14.7 Å². The third-order valence-corrected chi connectivity index (χ3v) is 8.18. The van der Waals surface area contributed by atoms with E-state index in [1.54, 1.807) is 38.1 Å². The summed E-state index contributed by atoms with van der Waals surface area (Å²) in [5, 5.41) is 2.37. The second-order valence-corrected chi connectivity index (χ2v) is 10.7. The van der Waals surface area contributed by atoms with Crippen LogP contribution in [-0.2, 0) is 25.5 Å². The third-order valence-electron chi connectivity index (χ3n) is 6.78. The van der Waals surface area contributed by atoms with E-state index < -0.39 is 17.7 Å². The first-order valence-corrected chi connectivity index (χ1v) is 14.5. The minimum atomic E-state index is -1.04. The van der Waals surface area contributed by atoms with Crippen LogP contribution < -0.4 is 19.5 Å². The van der Waals surface area contributed by atoms with Gasteiger partial charge in [0, 0.05) is 55.3 Å². The SMILES string of the molecule is CCOC(=O)C(=O)Nc1ccc(Oc2ccnc3c2SC(c2ccc(OCCN4CCOCC4)c(OC)c2)C3)c(F)c1. The second kappa shape index (κ2) is 13.9. The lowest BCUT2D eigenvalue weighted by Gasteiger charge is -2.26. The van der Waals surface area contributed by atoms with Crippen LogP contribution in [0, 0.1) is 5.82 Å². The number of aromatic nitrogens is 1. The Hall–Kier alpha value is -3.87. The Bertz CT molecular complexity index is 1430. The molecule has 3 heterocycles. The molecule has 5 rings (SSSR count). The number of nitrogens with one attached hydrogen (secondary N) is 1. The van der Waals surface area contributed by atoms with Crippen molar-refractivity contribution in [1.82, 2.24) is 9.88 Å². The molecule has 0 saturated carbocycles. The third kappa shape index (κ3) is 7.12. The molecule has 222 valence electrons. The van der Waals surface area contributed by atoms with E-state index >= 15 is 0 Å². The van der Waals surface area contributed by atoms with Crippen LogP contribution in [0.5, 0.6) is 23.0 Å². The number of anilines is 1. The first-order valence-electron chi connectivity index (χ1n) is 13.7. The number of thioether (sulfide) groups is 1. The Morgan fingerprint density at radius 2 is 1.90 bits per heavy atom. The molecule has 2 aliphatic rings. The van der Waals surface area contributed by atoms with Crippen molar-refractivity contribution in [1.29, 1.82) is 0 Å². The zero-order valence-corrected chi connectivity index (χ0v) is 24.2. The van der Waals surface area contributed by atoms with Crippen LogP contribution >= 0.6 is 11.8 Å². The minimum absolute atomic E-state index is 0.0261. The number of esters is 1. The number of morpholine rings is 1. The second-order valence-electron chi connectivity index (χ2n) is 9.53. The van der Waals surface area contributed by atoms with Crippen molar-refractivity contribution in [3.63, 3.8) is 0 Å². The summed E-state index contributed by atoms with van der Waals surface area (Å²) in [4.78, 5) is 31.1. The summed E-state index contributed by atoms with van der Waals surface area (Å²) in [7, 11) is 1.63. The highest BCUT2D eigenvalue weighted by atomic mass is 32.2. The molecule has 42 heavy (non-hydrogen) atoms. The molecular weight excluding hydrogens is 565 g/mol. The van der Waals surface area contributed by atoms with Crippen molar-refractivity contribution in [2.45, 2.75) is 23.5 Å². The average Bonchev–Trinajstić information content (AvgIpc) is 3.45. The monoisotopic (exact) mass is 597 g/mol. The van der Waals surface area contributed by atoms with Gasteiger partial charge in [0.15, 0.2) is 23.1 Å². The maximum absolute atomic E-state index is 14.9. The van der Waals surface area contributed by atoms with E-state index in [0.717, 1.165) is 55.1 Å². The van der Waals surface area contributed by atoms with E-state index in [1.807, 2.05) is 18.2 Å². The zero-order chi connectivity index (χ0) is 29.5. The number of rotatable bonds is 10. The molecule has 0 aliphatic carbocycles. The number of methoxy groups -OCH3 is 1.